The van der Waals surface area contributed by atoms with Crippen LogP contribution in [0.1, 0.15) is 5.82 Å². The number of nitrogens with zero attached hydrogens (tertiary/aromatic N) is 3. The highest BCUT2D eigenvalue weighted by Crippen LogP contribution is 1.93. The van der Waals surface area contributed by atoms with E-state index in [0.717, 1.165) is 0 Å². The van der Waals surface area contributed by atoms with Crippen LogP contribution in [0.5, 0.6) is 0 Å². The van der Waals surface area contributed by atoms with Crippen molar-refractivity contribution in [1.29, 1.82) is 0 Å². The van der Waals surface area contributed by atoms with Crippen molar-refractivity contribution in [3.05, 3.63) is 28.8 Å². The largest absolute Gasteiger partial charge is 0.367 e. The SMILES string of the molecule is C=CCn1c(C)nnc(NC)c1=O. The smallest absolute Gasteiger partial charge is 0.296 e. The summed E-state index contributed by atoms with van der Waals surface area (Å²) in [7, 11) is 1.64. The van der Waals surface area contributed by atoms with Crippen LogP contribution in [0.4, 0.5) is 5.82 Å². The summed E-state index contributed by atoms with van der Waals surface area (Å²) in [6.45, 7) is 5.75. The minimum Gasteiger partial charge on any atom is -0.367 e. The summed E-state index contributed by atoms with van der Waals surface area (Å²) >= 11 is 0. The highest BCUT2D eigenvalue weighted by atomic mass is 16.1. The number of aromatic nitrogens is 3. The monoisotopic (exact) mass is 180 g/mol. The second kappa shape index (κ2) is 3.84. The van der Waals surface area contributed by atoms with Gasteiger partial charge in [0.2, 0.25) is 5.82 Å². The van der Waals surface area contributed by atoms with Crippen molar-refractivity contribution in [2.45, 2.75) is 13.5 Å². The predicted molar refractivity (Wildman–Crippen MR) is 50.8 cm³/mol. The van der Waals surface area contributed by atoms with Gasteiger partial charge < -0.3 is 5.32 Å². The topological polar surface area (TPSA) is 59.8 Å². The van der Waals surface area contributed by atoms with Gasteiger partial charge in [0, 0.05) is 13.6 Å². The molecule has 0 saturated carbocycles. The molecular weight excluding hydrogens is 168 g/mol. The van der Waals surface area contributed by atoms with Crippen molar-refractivity contribution in [3.63, 3.8) is 0 Å². The molecule has 0 saturated heterocycles. The number of hydrogen-bond donors (Lipinski definition) is 1. The van der Waals surface area contributed by atoms with Crippen molar-refractivity contribution in [1.82, 2.24) is 14.8 Å². The van der Waals surface area contributed by atoms with E-state index in [0.29, 0.717) is 12.4 Å². The zero-order chi connectivity index (χ0) is 9.84. The third kappa shape index (κ3) is 1.74. The maximum absolute atomic E-state index is 11.6. The van der Waals surface area contributed by atoms with Gasteiger partial charge in [-0.1, -0.05) is 6.08 Å². The number of anilines is 1. The quantitative estimate of drug-likeness (QED) is 0.674. The molecule has 5 nitrogen and oxygen atoms in total. The first-order valence-electron chi connectivity index (χ1n) is 3.93. The van der Waals surface area contributed by atoms with Gasteiger partial charge in [0.25, 0.3) is 5.56 Å². The van der Waals surface area contributed by atoms with Crippen molar-refractivity contribution >= 4 is 5.82 Å². The third-order valence-electron chi connectivity index (χ3n) is 1.68. The van der Waals surface area contributed by atoms with E-state index in [9.17, 15) is 4.79 Å². The molecule has 0 aliphatic rings. The van der Waals surface area contributed by atoms with Gasteiger partial charge in [-0.25, -0.2) is 0 Å². The molecule has 0 aliphatic carbocycles. The Bertz CT molecular complexity index is 369. The van der Waals surface area contributed by atoms with Crippen molar-refractivity contribution in [2.24, 2.45) is 0 Å². The zero-order valence-corrected chi connectivity index (χ0v) is 7.74. The highest BCUT2D eigenvalue weighted by molar-refractivity contribution is 5.28. The van der Waals surface area contributed by atoms with Crippen LogP contribution in [0.2, 0.25) is 0 Å². The lowest BCUT2D eigenvalue weighted by Gasteiger charge is -2.06. The Balaban J connectivity index is 3.29. The first-order valence-corrected chi connectivity index (χ1v) is 3.93. The van der Waals surface area contributed by atoms with Gasteiger partial charge in [-0.05, 0) is 6.92 Å². The van der Waals surface area contributed by atoms with Crippen molar-refractivity contribution in [3.8, 4) is 0 Å². The lowest BCUT2D eigenvalue weighted by Crippen LogP contribution is -2.26. The molecule has 1 heterocycles. The minimum atomic E-state index is -0.171. The van der Waals surface area contributed by atoms with Crippen LogP contribution >= 0.6 is 0 Å². The van der Waals surface area contributed by atoms with Crippen LogP contribution in [-0.2, 0) is 6.54 Å². The number of aryl methyl sites for hydroxylation is 1. The van der Waals surface area contributed by atoms with Crippen LogP contribution in [0.15, 0.2) is 17.4 Å². The molecule has 0 unspecified atom stereocenters. The molecule has 1 rings (SSSR count). The predicted octanol–water partition coefficient (Wildman–Crippen LogP) is 0.174. The van der Waals surface area contributed by atoms with E-state index >= 15 is 0 Å². The number of allylic oxidation sites excluding steroid dienone is 1. The van der Waals surface area contributed by atoms with Gasteiger partial charge >= 0.3 is 0 Å². The third-order valence-corrected chi connectivity index (χ3v) is 1.68. The lowest BCUT2D eigenvalue weighted by molar-refractivity contribution is 0.685. The van der Waals surface area contributed by atoms with E-state index in [1.165, 1.54) is 4.57 Å². The van der Waals surface area contributed by atoms with Gasteiger partial charge in [0.05, 0.1) is 0 Å². The summed E-state index contributed by atoms with van der Waals surface area (Å²) in [5.41, 5.74) is -0.171. The van der Waals surface area contributed by atoms with Crippen LogP contribution in [-0.4, -0.2) is 21.8 Å². The molecule has 1 aromatic rings. The zero-order valence-electron chi connectivity index (χ0n) is 7.74. The Hall–Kier alpha value is -1.65. The number of nitrogens with one attached hydrogen (secondary N) is 1. The fraction of sp³-hybridized carbons (Fsp3) is 0.375. The van der Waals surface area contributed by atoms with Gasteiger partial charge in [0.1, 0.15) is 5.82 Å². The summed E-state index contributed by atoms with van der Waals surface area (Å²) in [5, 5.41) is 10.2. The molecule has 0 amide bonds. The molecule has 70 valence electrons. The molecular formula is C8H12N4O. The fourth-order valence-electron chi connectivity index (χ4n) is 0.995. The molecule has 0 bridgehead atoms. The molecule has 0 spiro atoms. The molecule has 0 aliphatic heterocycles. The maximum Gasteiger partial charge on any atom is 0.296 e. The van der Waals surface area contributed by atoms with E-state index < -0.39 is 0 Å². The summed E-state index contributed by atoms with van der Waals surface area (Å²) in [6, 6.07) is 0. The molecule has 5 heteroatoms. The van der Waals surface area contributed by atoms with Crippen LogP contribution in [0.25, 0.3) is 0 Å². The molecule has 0 aromatic carbocycles. The van der Waals surface area contributed by atoms with Gasteiger partial charge in [-0.3, -0.25) is 9.36 Å². The highest BCUT2D eigenvalue weighted by Gasteiger charge is 2.05. The Labute approximate surface area is 76.1 Å². The average molecular weight is 180 g/mol. The van der Waals surface area contributed by atoms with E-state index in [2.05, 4.69) is 22.1 Å². The standard InChI is InChI=1S/C8H12N4O/c1-4-5-12-6(2)10-11-7(9-3)8(12)13/h4H,1,5H2,2-3H3,(H,9,11). The first kappa shape index (κ1) is 9.44. The molecule has 0 radical (unpaired) electrons. The first-order chi connectivity index (χ1) is 6.20. The molecule has 13 heavy (non-hydrogen) atoms. The molecule has 0 atom stereocenters. The van der Waals surface area contributed by atoms with E-state index in [4.69, 9.17) is 0 Å². The molecule has 0 fully saturated rings. The van der Waals surface area contributed by atoms with Gasteiger partial charge in [-0.2, -0.15) is 0 Å². The Morgan fingerprint density at radius 3 is 2.85 bits per heavy atom. The summed E-state index contributed by atoms with van der Waals surface area (Å²) in [6.07, 6.45) is 1.65. The minimum absolute atomic E-state index is 0.171. The van der Waals surface area contributed by atoms with Gasteiger partial charge in [0.15, 0.2) is 0 Å². The van der Waals surface area contributed by atoms with E-state index in [-0.39, 0.29) is 11.4 Å². The van der Waals surface area contributed by atoms with Gasteiger partial charge in [-0.15, -0.1) is 16.8 Å². The lowest BCUT2D eigenvalue weighted by atomic mass is 10.5. The summed E-state index contributed by atoms with van der Waals surface area (Å²) < 4.78 is 1.51. The Kier molecular flexibility index (Phi) is 2.79. The second-order valence-corrected chi connectivity index (χ2v) is 2.55. The summed E-state index contributed by atoms with van der Waals surface area (Å²) in [5.74, 6) is 0.844. The van der Waals surface area contributed by atoms with Crippen LogP contribution < -0.4 is 10.9 Å². The number of hydrogen-bond acceptors (Lipinski definition) is 4. The van der Waals surface area contributed by atoms with Crippen molar-refractivity contribution in [2.75, 3.05) is 12.4 Å². The molecule has 1 N–H and O–H groups in total. The van der Waals surface area contributed by atoms with Crippen LogP contribution in [0.3, 0.4) is 0 Å². The van der Waals surface area contributed by atoms with Crippen molar-refractivity contribution < 1.29 is 0 Å². The maximum atomic E-state index is 11.6. The second-order valence-electron chi connectivity index (χ2n) is 2.55. The Morgan fingerprint density at radius 1 is 1.62 bits per heavy atom. The average Bonchev–Trinajstić information content (AvgIpc) is 2.12. The fourth-order valence-corrected chi connectivity index (χ4v) is 0.995. The van der Waals surface area contributed by atoms with Crippen LogP contribution in [0, 0.1) is 6.92 Å². The number of rotatable bonds is 3. The summed E-state index contributed by atoms with van der Waals surface area (Å²) in [4.78, 5) is 11.6. The Morgan fingerprint density at radius 2 is 2.31 bits per heavy atom. The van der Waals surface area contributed by atoms with E-state index in [1.807, 2.05) is 0 Å². The van der Waals surface area contributed by atoms with E-state index in [1.54, 1.807) is 20.0 Å². The normalized spacial score (nSPS) is 9.69. The molecule has 1 aromatic heterocycles.